The van der Waals surface area contributed by atoms with Gasteiger partial charge in [0.25, 0.3) is 5.91 Å². The van der Waals surface area contributed by atoms with E-state index in [1.54, 1.807) is 49.5 Å². The zero-order valence-corrected chi connectivity index (χ0v) is 17.6. The van der Waals surface area contributed by atoms with Crippen LogP contribution in [0.15, 0.2) is 53.1 Å². The zero-order valence-electron chi connectivity index (χ0n) is 16.8. The number of nitrogens with zero attached hydrogens (tertiary/aromatic N) is 2. The van der Waals surface area contributed by atoms with Crippen LogP contribution in [0.4, 0.5) is 0 Å². The number of methoxy groups -OCH3 is 2. The first-order chi connectivity index (χ1) is 13.9. The fourth-order valence-corrected chi connectivity index (χ4v) is 3.07. The van der Waals surface area contributed by atoms with Gasteiger partial charge in [-0.1, -0.05) is 16.8 Å². The number of carbonyl (C=O) groups is 1. The first-order valence-corrected chi connectivity index (χ1v) is 9.55. The number of ether oxygens (including phenoxy) is 2. The highest BCUT2D eigenvalue weighted by atomic mass is 35.5. The Morgan fingerprint density at radius 2 is 1.83 bits per heavy atom. The molecular formula is C22H23ClN2O4. The standard InChI is InChI=1S/C22H23ClN2O4/c1-14(2)25(22(26)15-5-7-16(23)8-6-15)13-17-11-21(29-24-17)19-12-18(27-3)9-10-20(19)28-4/h5-12,14H,13H2,1-4H3. The van der Waals surface area contributed by atoms with E-state index in [0.29, 0.717) is 40.1 Å². The van der Waals surface area contributed by atoms with Gasteiger partial charge in [0.05, 0.1) is 26.3 Å². The molecule has 1 aromatic heterocycles. The molecule has 3 rings (SSSR count). The second-order valence-electron chi connectivity index (χ2n) is 6.78. The minimum atomic E-state index is -0.0971. The molecular weight excluding hydrogens is 392 g/mol. The number of carbonyl (C=O) groups excluding carboxylic acids is 1. The minimum Gasteiger partial charge on any atom is -0.497 e. The van der Waals surface area contributed by atoms with E-state index in [2.05, 4.69) is 5.16 Å². The quantitative estimate of drug-likeness (QED) is 0.540. The summed E-state index contributed by atoms with van der Waals surface area (Å²) in [6.45, 7) is 4.23. The largest absolute Gasteiger partial charge is 0.497 e. The second-order valence-corrected chi connectivity index (χ2v) is 7.22. The van der Waals surface area contributed by atoms with Crippen molar-refractivity contribution in [2.75, 3.05) is 14.2 Å². The maximum atomic E-state index is 13.0. The van der Waals surface area contributed by atoms with Crippen molar-refractivity contribution < 1.29 is 18.8 Å². The molecule has 152 valence electrons. The third-order valence-corrected chi connectivity index (χ3v) is 4.79. The van der Waals surface area contributed by atoms with Gasteiger partial charge in [-0.25, -0.2) is 0 Å². The van der Waals surface area contributed by atoms with Gasteiger partial charge in [-0.2, -0.15) is 0 Å². The molecule has 0 aliphatic rings. The van der Waals surface area contributed by atoms with Gasteiger partial charge in [-0.3, -0.25) is 4.79 Å². The topological polar surface area (TPSA) is 64.8 Å². The molecule has 29 heavy (non-hydrogen) atoms. The third kappa shape index (κ3) is 4.71. The van der Waals surface area contributed by atoms with Crippen molar-refractivity contribution in [1.29, 1.82) is 0 Å². The van der Waals surface area contributed by atoms with Gasteiger partial charge in [0.1, 0.15) is 17.2 Å². The monoisotopic (exact) mass is 414 g/mol. The summed E-state index contributed by atoms with van der Waals surface area (Å²) in [5.74, 6) is 1.77. The molecule has 0 bridgehead atoms. The van der Waals surface area contributed by atoms with Crippen LogP contribution in [0, 0.1) is 0 Å². The van der Waals surface area contributed by atoms with E-state index in [4.69, 9.17) is 25.6 Å². The summed E-state index contributed by atoms with van der Waals surface area (Å²) in [6, 6.07) is 14.1. The van der Waals surface area contributed by atoms with Crippen molar-refractivity contribution in [1.82, 2.24) is 10.1 Å². The maximum Gasteiger partial charge on any atom is 0.254 e. The average Bonchev–Trinajstić information content (AvgIpc) is 3.20. The summed E-state index contributed by atoms with van der Waals surface area (Å²) in [4.78, 5) is 14.7. The van der Waals surface area contributed by atoms with Gasteiger partial charge in [0, 0.05) is 22.7 Å². The molecule has 0 saturated heterocycles. The Kier molecular flexibility index (Phi) is 6.44. The Bertz CT molecular complexity index is 983. The Morgan fingerprint density at radius 1 is 1.10 bits per heavy atom. The molecule has 6 nitrogen and oxygen atoms in total. The summed E-state index contributed by atoms with van der Waals surface area (Å²) in [7, 11) is 3.19. The van der Waals surface area contributed by atoms with E-state index in [9.17, 15) is 4.79 Å². The van der Waals surface area contributed by atoms with Crippen molar-refractivity contribution in [3.8, 4) is 22.8 Å². The number of halogens is 1. The lowest BCUT2D eigenvalue weighted by Gasteiger charge is -2.25. The van der Waals surface area contributed by atoms with Crippen LogP contribution in [-0.2, 0) is 6.54 Å². The van der Waals surface area contributed by atoms with Gasteiger partial charge in [-0.15, -0.1) is 0 Å². The van der Waals surface area contributed by atoms with Crippen LogP contribution in [0.1, 0.15) is 29.9 Å². The smallest absolute Gasteiger partial charge is 0.254 e. The number of amides is 1. The first-order valence-electron chi connectivity index (χ1n) is 9.17. The van der Waals surface area contributed by atoms with Gasteiger partial charge < -0.3 is 18.9 Å². The van der Waals surface area contributed by atoms with Crippen LogP contribution in [0.5, 0.6) is 11.5 Å². The molecule has 0 atom stereocenters. The highest BCUT2D eigenvalue weighted by Gasteiger charge is 2.22. The maximum absolute atomic E-state index is 13.0. The lowest BCUT2D eigenvalue weighted by atomic mass is 10.1. The van der Waals surface area contributed by atoms with Crippen molar-refractivity contribution in [3.63, 3.8) is 0 Å². The Hall–Kier alpha value is -2.99. The van der Waals surface area contributed by atoms with Crippen LogP contribution in [0.3, 0.4) is 0 Å². The average molecular weight is 415 g/mol. The van der Waals surface area contributed by atoms with Crippen molar-refractivity contribution in [3.05, 3.63) is 64.8 Å². The van der Waals surface area contributed by atoms with Gasteiger partial charge in [-0.05, 0) is 56.3 Å². The van der Waals surface area contributed by atoms with Crippen LogP contribution in [0.2, 0.25) is 5.02 Å². The molecule has 0 unspecified atom stereocenters. The van der Waals surface area contributed by atoms with E-state index < -0.39 is 0 Å². The summed E-state index contributed by atoms with van der Waals surface area (Å²) in [5.41, 5.74) is 1.94. The third-order valence-electron chi connectivity index (χ3n) is 4.54. The first kappa shape index (κ1) is 20.7. The van der Waals surface area contributed by atoms with E-state index in [-0.39, 0.29) is 11.9 Å². The predicted octanol–water partition coefficient (Wildman–Crippen LogP) is 5.06. The molecule has 3 aromatic rings. The molecule has 0 radical (unpaired) electrons. The molecule has 2 aromatic carbocycles. The van der Waals surface area contributed by atoms with Gasteiger partial charge >= 0.3 is 0 Å². The molecule has 0 fully saturated rings. The number of hydrogen-bond acceptors (Lipinski definition) is 5. The summed E-state index contributed by atoms with van der Waals surface area (Å²) in [5, 5.41) is 4.74. The van der Waals surface area contributed by atoms with Crippen molar-refractivity contribution in [2.24, 2.45) is 0 Å². The minimum absolute atomic E-state index is 0.0234. The van der Waals surface area contributed by atoms with Gasteiger partial charge in [0.2, 0.25) is 0 Å². The fourth-order valence-electron chi connectivity index (χ4n) is 2.94. The molecule has 0 N–H and O–H groups in total. The highest BCUT2D eigenvalue weighted by Crippen LogP contribution is 2.34. The summed E-state index contributed by atoms with van der Waals surface area (Å²) >= 11 is 5.93. The number of rotatable bonds is 7. The van der Waals surface area contributed by atoms with E-state index in [1.165, 1.54) is 0 Å². The van der Waals surface area contributed by atoms with E-state index >= 15 is 0 Å². The van der Waals surface area contributed by atoms with Crippen LogP contribution >= 0.6 is 11.6 Å². The fraction of sp³-hybridized carbons (Fsp3) is 0.273. The lowest BCUT2D eigenvalue weighted by molar-refractivity contribution is 0.0686. The second kappa shape index (κ2) is 9.01. The molecule has 0 aliphatic carbocycles. The van der Waals surface area contributed by atoms with Crippen LogP contribution in [0.25, 0.3) is 11.3 Å². The lowest BCUT2D eigenvalue weighted by Crippen LogP contribution is -2.36. The Balaban J connectivity index is 1.85. The molecule has 1 heterocycles. The summed E-state index contributed by atoms with van der Waals surface area (Å²) in [6.07, 6.45) is 0. The molecule has 7 heteroatoms. The van der Waals surface area contributed by atoms with E-state index in [0.717, 1.165) is 5.56 Å². The number of aromatic nitrogens is 1. The molecule has 1 amide bonds. The van der Waals surface area contributed by atoms with Gasteiger partial charge in [0.15, 0.2) is 5.76 Å². The normalized spacial score (nSPS) is 10.8. The van der Waals surface area contributed by atoms with E-state index in [1.807, 2.05) is 32.0 Å². The predicted molar refractivity (Wildman–Crippen MR) is 112 cm³/mol. The van der Waals surface area contributed by atoms with Crippen molar-refractivity contribution >= 4 is 17.5 Å². The molecule has 0 aliphatic heterocycles. The number of benzene rings is 2. The highest BCUT2D eigenvalue weighted by molar-refractivity contribution is 6.30. The Labute approximate surface area is 175 Å². The zero-order chi connectivity index (χ0) is 21.0. The SMILES string of the molecule is COc1ccc(OC)c(-c2cc(CN(C(=O)c3ccc(Cl)cc3)C(C)C)no2)c1. The Morgan fingerprint density at radius 3 is 2.45 bits per heavy atom. The van der Waals surface area contributed by atoms with Crippen LogP contribution < -0.4 is 9.47 Å². The number of hydrogen-bond donors (Lipinski definition) is 0. The molecule has 0 spiro atoms. The summed E-state index contributed by atoms with van der Waals surface area (Å²) < 4.78 is 16.2. The molecule has 0 saturated carbocycles. The van der Waals surface area contributed by atoms with Crippen LogP contribution in [-0.4, -0.2) is 36.2 Å². The van der Waals surface area contributed by atoms with Crippen molar-refractivity contribution in [2.45, 2.75) is 26.4 Å².